The van der Waals surface area contributed by atoms with E-state index in [4.69, 9.17) is 5.73 Å². The summed E-state index contributed by atoms with van der Waals surface area (Å²) in [4.78, 5) is 15.9. The number of anilines is 1. The molecule has 1 unspecified atom stereocenters. The number of hydrogen-bond acceptors (Lipinski definition) is 4. The molecule has 1 aromatic carbocycles. The van der Waals surface area contributed by atoms with Crippen LogP contribution in [0.15, 0.2) is 30.9 Å². The predicted octanol–water partition coefficient (Wildman–Crippen LogP) is 1.47. The Labute approximate surface area is 121 Å². The molecule has 1 heterocycles. The van der Waals surface area contributed by atoms with Gasteiger partial charge < -0.3 is 11.1 Å². The molecule has 1 fully saturated rings. The molecule has 1 atom stereocenters. The van der Waals surface area contributed by atoms with Gasteiger partial charge >= 0.3 is 0 Å². The summed E-state index contributed by atoms with van der Waals surface area (Å²) in [6.45, 7) is 1.71. The van der Waals surface area contributed by atoms with Crippen molar-refractivity contribution in [3.8, 4) is 5.69 Å². The summed E-state index contributed by atoms with van der Waals surface area (Å²) in [6.07, 6.45) is 4.64. The maximum atomic E-state index is 14.1. The molecule has 6 nitrogen and oxygen atoms in total. The average molecular weight is 289 g/mol. The second-order valence-corrected chi connectivity index (χ2v) is 5.52. The first-order valence-corrected chi connectivity index (χ1v) is 6.73. The number of amides is 1. The number of benzene rings is 1. The summed E-state index contributed by atoms with van der Waals surface area (Å²) in [5.74, 6) is -0.585. The van der Waals surface area contributed by atoms with Gasteiger partial charge in [0.15, 0.2) is 5.82 Å². The molecule has 21 heavy (non-hydrogen) atoms. The molecule has 7 heteroatoms. The molecule has 0 aliphatic heterocycles. The Balaban J connectivity index is 1.78. The van der Waals surface area contributed by atoms with E-state index in [9.17, 15) is 9.18 Å². The Morgan fingerprint density at radius 3 is 2.86 bits per heavy atom. The molecule has 0 radical (unpaired) electrons. The first-order valence-electron chi connectivity index (χ1n) is 6.73. The zero-order chi connectivity index (χ0) is 15.0. The standard InChI is InChI=1S/C14H16FN5O/c1-14(16,9-2-3-9)13(21)19-10-4-5-12(11(15)6-10)20-8-17-7-18-20/h4-9H,2-3,16H2,1H3,(H,19,21). The van der Waals surface area contributed by atoms with Gasteiger partial charge in [-0.1, -0.05) is 0 Å². The van der Waals surface area contributed by atoms with Gasteiger partial charge in [0.2, 0.25) is 5.91 Å². The first-order chi connectivity index (χ1) is 9.98. The van der Waals surface area contributed by atoms with Crippen molar-refractivity contribution in [1.29, 1.82) is 0 Å². The second-order valence-electron chi connectivity index (χ2n) is 5.52. The van der Waals surface area contributed by atoms with Crippen LogP contribution in [0.4, 0.5) is 10.1 Å². The van der Waals surface area contributed by atoms with Gasteiger partial charge in [0.1, 0.15) is 18.3 Å². The third kappa shape index (κ3) is 2.64. The normalized spacial score (nSPS) is 17.3. The van der Waals surface area contributed by atoms with E-state index >= 15 is 0 Å². The van der Waals surface area contributed by atoms with Gasteiger partial charge in [-0.15, -0.1) is 0 Å². The number of nitrogens with two attached hydrogens (primary N) is 1. The molecule has 3 rings (SSSR count). The fourth-order valence-electron chi connectivity index (χ4n) is 2.24. The van der Waals surface area contributed by atoms with Crippen LogP contribution in [-0.2, 0) is 4.79 Å². The van der Waals surface area contributed by atoms with E-state index in [-0.39, 0.29) is 17.5 Å². The van der Waals surface area contributed by atoms with Crippen LogP contribution in [0, 0.1) is 11.7 Å². The largest absolute Gasteiger partial charge is 0.324 e. The average Bonchev–Trinajstić information content (AvgIpc) is 3.17. The van der Waals surface area contributed by atoms with Crippen molar-refractivity contribution in [2.45, 2.75) is 25.3 Å². The van der Waals surface area contributed by atoms with Crippen molar-refractivity contribution in [3.63, 3.8) is 0 Å². The maximum absolute atomic E-state index is 14.1. The second kappa shape index (κ2) is 4.92. The highest BCUT2D eigenvalue weighted by Crippen LogP contribution is 2.38. The van der Waals surface area contributed by atoms with Crippen LogP contribution in [0.5, 0.6) is 0 Å². The maximum Gasteiger partial charge on any atom is 0.244 e. The van der Waals surface area contributed by atoms with Crippen LogP contribution < -0.4 is 11.1 Å². The van der Waals surface area contributed by atoms with E-state index in [1.165, 1.54) is 29.5 Å². The third-order valence-electron chi connectivity index (χ3n) is 3.79. The molecular weight excluding hydrogens is 273 g/mol. The Kier molecular flexibility index (Phi) is 3.21. The fourth-order valence-corrected chi connectivity index (χ4v) is 2.24. The number of carbonyl (C=O) groups excluding carboxylic acids is 1. The van der Waals surface area contributed by atoms with E-state index in [0.29, 0.717) is 5.69 Å². The minimum absolute atomic E-state index is 0.205. The van der Waals surface area contributed by atoms with E-state index in [2.05, 4.69) is 15.4 Å². The van der Waals surface area contributed by atoms with Crippen molar-refractivity contribution in [3.05, 3.63) is 36.7 Å². The Morgan fingerprint density at radius 2 is 2.29 bits per heavy atom. The lowest BCUT2D eigenvalue weighted by Gasteiger charge is -2.23. The van der Waals surface area contributed by atoms with Gasteiger partial charge in [0.25, 0.3) is 0 Å². The van der Waals surface area contributed by atoms with Crippen LogP contribution >= 0.6 is 0 Å². The van der Waals surface area contributed by atoms with Crippen molar-refractivity contribution in [2.75, 3.05) is 5.32 Å². The topological polar surface area (TPSA) is 85.8 Å². The van der Waals surface area contributed by atoms with Gasteiger partial charge in [-0.05, 0) is 43.9 Å². The van der Waals surface area contributed by atoms with Gasteiger partial charge in [-0.25, -0.2) is 14.1 Å². The molecule has 1 aliphatic carbocycles. The van der Waals surface area contributed by atoms with Crippen molar-refractivity contribution < 1.29 is 9.18 Å². The number of nitrogens with one attached hydrogen (secondary N) is 1. The number of rotatable bonds is 4. The highest BCUT2D eigenvalue weighted by Gasteiger charge is 2.44. The monoisotopic (exact) mass is 289 g/mol. The molecule has 110 valence electrons. The zero-order valence-corrected chi connectivity index (χ0v) is 11.6. The first kappa shape index (κ1) is 13.7. The third-order valence-corrected chi connectivity index (χ3v) is 3.79. The number of nitrogens with zero attached hydrogens (tertiary/aromatic N) is 3. The van der Waals surface area contributed by atoms with Gasteiger partial charge in [0, 0.05) is 5.69 Å². The lowest BCUT2D eigenvalue weighted by atomic mass is 9.96. The van der Waals surface area contributed by atoms with Crippen molar-refractivity contribution in [2.24, 2.45) is 11.7 Å². The molecule has 3 N–H and O–H groups in total. The van der Waals surface area contributed by atoms with Crippen LogP contribution in [0.1, 0.15) is 19.8 Å². The predicted molar refractivity (Wildman–Crippen MR) is 75.3 cm³/mol. The fraction of sp³-hybridized carbons (Fsp3) is 0.357. The summed E-state index contributed by atoms with van der Waals surface area (Å²) < 4.78 is 15.4. The Morgan fingerprint density at radius 1 is 1.52 bits per heavy atom. The smallest absolute Gasteiger partial charge is 0.244 e. The van der Waals surface area contributed by atoms with Gasteiger partial charge in [0.05, 0.1) is 5.54 Å². The lowest BCUT2D eigenvalue weighted by molar-refractivity contribution is -0.121. The van der Waals surface area contributed by atoms with Crippen molar-refractivity contribution >= 4 is 11.6 Å². The van der Waals surface area contributed by atoms with Crippen molar-refractivity contribution in [1.82, 2.24) is 14.8 Å². The SMILES string of the molecule is CC(N)(C(=O)Nc1ccc(-n2cncn2)c(F)c1)C1CC1. The number of hydrogen-bond donors (Lipinski definition) is 2. The van der Waals surface area contributed by atoms with E-state index < -0.39 is 11.4 Å². The molecule has 1 amide bonds. The highest BCUT2D eigenvalue weighted by molar-refractivity contribution is 5.98. The summed E-state index contributed by atoms with van der Waals surface area (Å²) in [6, 6.07) is 4.39. The zero-order valence-electron chi connectivity index (χ0n) is 11.6. The number of aromatic nitrogens is 3. The summed E-state index contributed by atoms with van der Waals surface area (Å²) >= 11 is 0. The van der Waals surface area contributed by atoms with E-state index in [1.807, 2.05) is 0 Å². The van der Waals surface area contributed by atoms with Crippen LogP contribution in [-0.4, -0.2) is 26.2 Å². The van der Waals surface area contributed by atoms with Crippen LogP contribution in [0.2, 0.25) is 0 Å². The molecular formula is C14H16FN5O. The molecule has 0 bridgehead atoms. The minimum Gasteiger partial charge on any atom is -0.324 e. The van der Waals surface area contributed by atoms with Gasteiger partial charge in [-0.3, -0.25) is 4.79 Å². The van der Waals surface area contributed by atoms with Crippen LogP contribution in [0.25, 0.3) is 5.69 Å². The molecule has 1 saturated carbocycles. The Bertz CT molecular complexity index is 664. The lowest BCUT2D eigenvalue weighted by Crippen LogP contribution is -2.50. The minimum atomic E-state index is -0.916. The van der Waals surface area contributed by atoms with E-state index in [0.717, 1.165) is 12.8 Å². The summed E-state index contributed by atoms with van der Waals surface area (Å²) in [7, 11) is 0. The summed E-state index contributed by atoms with van der Waals surface area (Å²) in [5.41, 5.74) is 5.76. The van der Waals surface area contributed by atoms with Gasteiger partial charge in [-0.2, -0.15) is 5.10 Å². The quantitative estimate of drug-likeness (QED) is 0.892. The molecule has 1 aromatic heterocycles. The molecule has 2 aromatic rings. The number of halogens is 1. The summed E-state index contributed by atoms with van der Waals surface area (Å²) in [5, 5.41) is 6.53. The molecule has 0 saturated heterocycles. The molecule has 1 aliphatic rings. The molecule has 0 spiro atoms. The highest BCUT2D eigenvalue weighted by atomic mass is 19.1. The Hall–Kier alpha value is -2.28. The van der Waals surface area contributed by atoms with E-state index in [1.54, 1.807) is 13.0 Å². The number of carbonyl (C=O) groups is 1. The van der Waals surface area contributed by atoms with Crippen LogP contribution in [0.3, 0.4) is 0 Å².